The lowest BCUT2D eigenvalue weighted by atomic mass is 10.0. The molecule has 0 saturated carbocycles. The summed E-state index contributed by atoms with van der Waals surface area (Å²) in [6, 6.07) is 8.38. The number of nitrogens with one attached hydrogen (secondary N) is 1. The number of urea groups is 1. The van der Waals surface area contributed by atoms with Crippen molar-refractivity contribution in [3.05, 3.63) is 64.8 Å². The Labute approximate surface area is 186 Å². The molecule has 8 heteroatoms. The van der Waals surface area contributed by atoms with Crippen LogP contribution in [0.25, 0.3) is 4.85 Å². The van der Waals surface area contributed by atoms with E-state index in [4.69, 9.17) is 6.57 Å². The average Bonchev–Trinajstić information content (AvgIpc) is 2.90. The minimum Gasteiger partial charge on any atom is -0.352 e. The maximum Gasteiger partial charge on any atom is 0.336 e. The summed E-state index contributed by atoms with van der Waals surface area (Å²) >= 11 is 0. The van der Waals surface area contributed by atoms with Crippen LogP contribution in [0.5, 0.6) is 0 Å². The maximum absolute atomic E-state index is 14.8. The molecule has 0 atom stereocenters. The molecule has 1 aliphatic heterocycles. The van der Waals surface area contributed by atoms with E-state index in [1.807, 2.05) is 0 Å². The molecule has 1 heterocycles. The van der Waals surface area contributed by atoms with Crippen LogP contribution in [0, 0.1) is 25.2 Å². The van der Waals surface area contributed by atoms with E-state index in [1.165, 1.54) is 17.0 Å². The second-order valence-electron chi connectivity index (χ2n) is 8.55. The van der Waals surface area contributed by atoms with Gasteiger partial charge in [0.2, 0.25) is 5.91 Å². The van der Waals surface area contributed by atoms with Gasteiger partial charge in [-0.15, -0.1) is 0 Å². The first-order chi connectivity index (χ1) is 15.0. The maximum atomic E-state index is 14.8. The molecule has 0 aliphatic carbocycles. The minimum atomic E-state index is -1.25. The highest BCUT2D eigenvalue weighted by molar-refractivity contribution is 6.30. The number of carbonyl (C=O) groups excluding carboxylic acids is 3. The quantitative estimate of drug-likeness (QED) is 0.545. The molecule has 1 aliphatic rings. The summed E-state index contributed by atoms with van der Waals surface area (Å²) in [6.45, 7) is 15.6. The lowest BCUT2D eigenvalue weighted by Gasteiger charge is -2.28. The van der Waals surface area contributed by atoms with Crippen molar-refractivity contribution in [1.82, 2.24) is 5.32 Å². The molecule has 4 amide bonds. The van der Waals surface area contributed by atoms with Crippen LogP contribution in [-0.4, -0.2) is 23.4 Å². The summed E-state index contributed by atoms with van der Waals surface area (Å²) in [7, 11) is 0. The molecule has 166 valence electrons. The van der Waals surface area contributed by atoms with E-state index in [0.29, 0.717) is 16.9 Å². The number of rotatable bonds is 5. The van der Waals surface area contributed by atoms with Gasteiger partial charge in [-0.3, -0.25) is 14.5 Å². The van der Waals surface area contributed by atoms with Crippen molar-refractivity contribution in [3.8, 4) is 0 Å². The van der Waals surface area contributed by atoms with Gasteiger partial charge in [0.05, 0.1) is 12.3 Å². The van der Waals surface area contributed by atoms with E-state index >= 15 is 0 Å². The number of amides is 4. The third kappa shape index (κ3) is 3.94. The summed E-state index contributed by atoms with van der Waals surface area (Å²) in [6.07, 6.45) is 0. The monoisotopic (exact) mass is 436 g/mol. The third-order valence-electron chi connectivity index (χ3n) is 5.50. The van der Waals surface area contributed by atoms with Crippen LogP contribution in [0.15, 0.2) is 36.4 Å². The van der Waals surface area contributed by atoms with E-state index in [2.05, 4.69) is 10.2 Å². The third-order valence-corrected chi connectivity index (χ3v) is 5.50. The molecule has 32 heavy (non-hydrogen) atoms. The Morgan fingerprint density at radius 2 is 1.81 bits per heavy atom. The highest BCUT2D eigenvalue weighted by Gasteiger charge is 2.52. The fourth-order valence-electron chi connectivity index (χ4n) is 3.57. The highest BCUT2D eigenvalue weighted by Crippen LogP contribution is 2.37. The zero-order chi connectivity index (χ0) is 23.8. The van der Waals surface area contributed by atoms with Gasteiger partial charge in [0.25, 0.3) is 5.91 Å². The molecule has 1 saturated heterocycles. The number of hydrogen-bond acceptors (Lipinski definition) is 3. The molecule has 1 N–H and O–H groups in total. The Morgan fingerprint density at radius 3 is 2.38 bits per heavy atom. The number of anilines is 2. The zero-order valence-electron chi connectivity index (χ0n) is 18.7. The standard InChI is InChI=1S/C24H25FN4O3/c1-14(2)21(30)27-13-16-7-8-18(12-19(16)25)29-23(32)28(22(31)24(29,4)5)17-9-10-20(26-6)15(3)11-17/h7-12,14H,13H2,1-5H3,(H,27,30). The van der Waals surface area contributed by atoms with Crippen molar-refractivity contribution in [1.29, 1.82) is 0 Å². The number of halogens is 1. The summed E-state index contributed by atoms with van der Waals surface area (Å²) in [5.41, 5.74) is 0.708. The number of nitrogens with zero attached hydrogens (tertiary/aromatic N) is 3. The molecule has 0 radical (unpaired) electrons. The van der Waals surface area contributed by atoms with Gasteiger partial charge in [0, 0.05) is 23.7 Å². The van der Waals surface area contributed by atoms with Gasteiger partial charge in [-0.2, -0.15) is 0 Å². The SMILES string of the molecule is [C-]#[N+]c1ccc(N2C(=O)N(c3ccc(CNC(=O)C(C)C)c(F)c3)C(C)(C)C2=O)cc1C. The fraction of sp³-hybridized carbons (Fsp3) is 0.333. The molecule has 0 unspecified atom stereocenters. The molecule has 2 aromatic carbocycles. The number of benzene rings is 2. The Morgan fingerprint density at radius 1 is 1.16 bits per heavy atom. The largest absolute Gasteiger partial charge is 0.352 e. The van der Waals surface area contributed by atoms with Crippen molar-refractivity contribution in [2.75, 3.05) is 9.80 Å². The average molecular weight is 436 g/mol. The van der Waals surface area contributed by atoms with Crippen molar-refractivity contribution in [2.24, 2.45) is 5.92 Å². The molecule has 3 rings (SSSR count). The number of aryl methyl sites for hydroxylation is 1. The predicted octanol–water partition coefficient (Wildman–Crippen LogP) is 4.71. The zero-order valence-corrected chi connectivity index (χ0v) is 18.7. The molecule has 1 fully saturated rings. The minimum absolute atomic E-state index is 0.0260. The lowest BCUT2D eigenvalue weighted by Crippen LogP contribution is -2.44. The van der Waals surface area contributed by atoms with E-state index in [0.717, 1.165) is 4.90 Å². The first-order valence-electron chi connectivity index (χ1n) is 10.2. The first kappa shape index (κ1) is 22.9. The molecule has 0 bridgehead atoms. The number of carbonyl (C=O) groups is 3. The Kier molecular flexibility index (Phi) is 6.04. The first-order valence-corrected chi connectivity index (χ1v) is 10.2. The lowest BCUT2D eigenvalue weighted by molar-refractivity contribution is -0.124. The summed E-state index contributed by atoms with van der Waals surface area (Å²) in [5.74, 6) is -1.45. The second-order valence-corrected chi connectivity index (χ2v) is 8.55. The summed E-state index contributed by atoms with van der Waals surface area (Å²) in [4.78, 5) is 43.9. The van der Waals surface area contributed by atoms with Crippen LogP contribution >= 0.6 is 0 Å². The highest BCUT2D eigenvalue weighted by atomic mass is 19.1. The number of hydrogen-bond donors (Lipinski definition) is 1. The second kappa shape index (κ2) is 8.42. The van der Waals surface area contributed by atoms with Crippen molar-refractivity contribution >= 4 is 34.9 Å². The van der Waals surface area contributed by atoms with Crippen molar-refractivity contribution in [3.63, 3.8) is 0 Å². The normalized spacial score (nSPS) is 15.3. The molecular weight excluding hydrogens is 411 g/mol. The molecular formula is C24H25FN4O3. The molecule has 0 aromatic heterocycles. The Hall–Kier alpha value is -3.73. The van der Waals surface area contributed by atoms with Gasteiger partial charge < -0.3 is 5.32 Å². The predicted molar refractivity (Wildman–Crippen MR) is 120 cm³/mol. The molecule has 0 spiro atoms. The molecule has 2 aromatic rings. The van der Waals surface area contributed by atoms with E-state index in [-0.39, 0.29) is 29.6 Å². The van der Waals surface area contributed by atoms with Crippen molar-refractivity contribution < 1.29 is 18.8 Å². The van der Waals surface area contributed by atoms with Crippen LogP contribution in [0.3, 0.4) is 0 Å². The van der Waals surface area contributed by atoms with Crippen LogP contribution in [-0.2, 0) is 16.1 Å². The van der Waals surface area contributed by atoms with Crippen molar-refractivity contribution in [2.45, 2.75) is 46.7 Å². The van der Waals surface area contributed by atoms with Gasteiger partial charge in [0.15, 0.2) is 5.69 Å². The summed E-state index contributed by atoms with van der Waals surface area (Å²) in [5, 5.41) is 2.66. The van der Waals surface area contributed by atoms with Gasteiger partial charge in [-0.05, 0) is 50.6 Å². The smallest absolute Gasteiger partial charge is 0.336 e. The topological polar surface area (TPSA) is 74.1 Å². The van der Waals surface area contributed by atoms with Crippen LogP contribution in [0.4, 0.5) is 26.2 Å². The number of imide groups is 1. The van der Waals surface area contributed by atoms with Crippen LogP contribution < -0.4 is 15.1 Å². The summed E-state index contributed by atoms with van der Waals surface area (Å²) < 4.78 is 14.8. The Balaban J connectivity index is 1.93. The Bertz CT molecular complexity index is 1150. The van der Waals surface area contributed by atoms with Gasteiger partial charge >= 0.3 is 6.03 Å². The van der Waals surface area contributed by atoms with E-state index < -0.39 is 23.3 Å². The van der Waals surface area contributed by atoms with E-state index in [1.54, 1.807) is 58.9 Å². The molecule has 7 nitrogen and oxygen atoms in total. The van der Waals surface area contributed by atoms with Gasteiger partial charge in [-0.1, -0.05) is 26.0 Å². The van der Waals surface area contributed by atoms with Gasteiger partial charge in [0.1, 0.15) is 11.4 Å². The van der Waals surface area contributed by atoms with E-state index in [9.17, 15) is 18.8 Å². The van der Waals surface area contributed by atoms with Gasteiger partial charge in [-0.25, -0.2) is 18.9 Å². The van der Waals surface area contributed by atoms with Crippen LogP contribution in [0.1, 0.15) is 38.8 Å². The van der Waals surface area contributed by atoms with Crippen LogP contribution in [0.2, 0.25) is 0 Å². The fourth-order valence-corrected chi connectivity index (χ4v) is 3.57.